The van der Waals surface area contributed by atoms with Gasteiger partial charge in [-0.05, 0) is 18.9 Å². The van der Waals surface area contributed by atoms with Gasteiger partial charge in [0.25, 0.3) is 0 Å². The Morgan fingerprint density at radius 1 is 1.33 bits per heavy atom. The van der Waals surface area contributed by atoms with E-state index in [1.807, 2.05) is 13.0 Å². The van der Waals surface area contributed by atoms with Crippen LogP contribution in [0.25, 0.3) is 0 Å². The van der Waals surface area contributed by atoms with Crippen molar-refractivity contribution in [1.29, 1.82) is 0 Å². The van der Waals surface area contributed by atoms with Gasteiger partial charge in [-0.25, -0.2) is 15.0 Å². The largest absolute Gasteiger partial charge is 0.354 e. The molecule has 2 aromatic heterocycles. The number of aromatic amines is 1. The molecule has 0 aromatic carbocycles. The Morgan fingerprint density at radius 3 is 2.83 bits per heavy atom. The highest BCUT2D eigenvalue weighted by atomic mass is 15.2. The second kappa shape index (κ2) is 5.57. The third-order valence-electron chi connectivity index (χ3n) is 2.58. The second-order valence-corrected chi connectivity index (χ2v) is 4.52. The second-order valence-electron chi connectivity index (χ2n) is 4.52. The Balaban J connectivity index is 1.96. The fourth-order valence-electron chi connectivity index (χ4n) is 1.61. The van der Waals surface area contributed by atoms with Crippen LogP contribution in [-0.2, 0) is 6.42 Å². The average molecular weight is 246 g/mol. The molecule has 0 unspecified atom stereocenters. The Labute approximate surface area is 106 Å². The molecule has 0 spiro atoms. The first-order valence-electron chi connectivity index (χ1n) is 6.09. The third-order valence-corrected chi connectivity index (χ3v) is 2.58. The van der Waals surface area contributed by atoms with Crippen LogP contribution < -0.4 is 5.32 Å². The van der Waals surface area contributed by atoms with Crippen molar-refractivity contribution in [3.8, 4) is 0 Å². The molecule has 6 nitrogen and oxygen atoms in total. The van der Waals surface area contributed by atoms with E-state index in [-0.39, 0.29) is 0 Å². The summed E-state index contributed by atoms with van der Waals surface area (Å²) >= 11 is 0. The predicted molar refractivity (Wildman–Crippen MR) is 69.4 cm³/mol. The van der Waals surface area contributed by atoms with Gasteiger partial charge in [0.1, 0.15) is 12.2 Å². The van der Waals surface area contributed by atoms with Gasteiger partial charge in [0.2, 0.25) is 5.95 Å². The summed E-state index contributed by atoms with van der Waals surface area (Å²) in [5, 5.41) is 9.84. The summed E-state index contributed by atoms with van der Waals surface area (Å²) in [5.41, 5.74) is 2.04. The van der Waals surface area contributed by atoms with Gasteiger partial charge in [-0.1, -0.05) is 13.8 Å². The lowest BCUT2D eigenvalue weighted by Gasteiger charge is -2.09. The molecule has 0 saturated carbocycles. The van der Waals surface area contributed by atoms with Gasteiger partial charge >= 0.3 is 0 Å². The summed E-state index contributed by atoms with van der Waals surface area (Å²) in [6, 6.07) is 2.02. The van der Waals surface area contributed by atoms with E-state index in [0.29, 0.717) is 11.9 Å². The smallest absolute Gasteiger partial charge is 0.223 e. The molecule has 2 heterocycles. The van der Waals surface area contributed by atoms with Crippen LogP contribution in [0.5, 0.6) is 0 Å². The van der Waals surface area contributed by atoms with Crippen molar-refractivity contribution in [3.63, 3.8) is 0 Å². The zero-order valence-corrected chi connectivity index (χ0v) is 10.9. The zero-order chi connectivity index (χ0) is 13.0. The summed E-state index contributed by atoms with van der Waals surface area (Å²) in [5.74, 6) is 1.94. The van der Waals surface area contributed by atoms with Gasteiger partial charge in [0.05, 0.1) is 0 Å². The molecule has 6 heteroatoms. The molecule has 96 valence electrons. The van der Waals surface area contributed by atoms with E-state index < -0.39 is 0 Å². The molecule has 0 amide bonds. The van der Waals surface area contributed by atoms with Crippen LogP contribution >= 0.6 is 0 Å². The molecule has 0 aliphatic carbocycles. The van der Waals surface area contributed by atoms with Crippen LogP contribution in [0, 0.1) is 6.92 Å². The summed E-state index contributed by atoms with van der Waals surface area (Å²) in [6.45, 7) is 6.96. The van der Waals surface area contributed by atoms with Crippen molar-refractivity contribution in [2.24, 2.45) is 0 Å². The standard InChI is InChI=1S/C12H18N6/c1-8(2)10-6-9(3)16-12(17-10)13-5-4-11-14-7-15-18-11/h6-8H,4-5H2,1-3H3,(H,13,16,17)(H,14,15,18). The van der Waals surface area contributed by atoms with E-state index in [4.69, 9.17) is 0 Å². The Morgan fingerprint density at radius 2 is 2.17 bits per heavy atom. The van der Waals surface area contributed by atoms with Gasteiger partial charge in [-0.3, -0.25) is 5.10 Å². The lowest BCUT2D eigenvalue weighted by atomic mass is 10.1. The van der Waals surface area contributed by atoms with Gasteiger partial charge in [-0.15, -0.1) is 0 Å². The molecule has 2 aromatic rings. The minimum Gasteiger partial charge on any atom is -0.354 e. The van der Waals surface area contributed by atoms with E-state index in [9.17, 15) is 0 Å². The SMILES string of the molecule is Cc1cc(C(C)C)nc(NCCc2ncn[nH]2)n1. The van der Waals surface area contributed by atoms with Crippen LogP contribution in [0.15, 0.2) is 12.4 Å². The zero-order valence-electron chi connectivity index (χ0n) is 10.9. The number of hydrogen-bond donors (Lipinski definition) is 2. The molecule has 0 bridgehead atoms. The summed E-state index contributed by atoms with van der Waals surface area (Å²) in [6.07, 6.45) is 2.28. The fourth-order valence-corrected chi connectivity index (χ4v) is 1.61. The molecule has 2 rings (SSSR count). The predicted octanol–water partition coefficient (Wildman–Crippen LogP) is 1.68. The van der Waals surface area contributed by atoms with E-state index in [2.05, 4.69) is 44.3 Å². The molecule has 0 saturated heterocycles. The maximum Gasteiger partial charge on any atom is 0.223 e. The lowest BCUT2D eigenvalue weighted by molar-refractivity contribution is 0.805. The molecular formula is C12H18N6. The van der Waals surface area contributed by atoms with Crippen molar-refractivity contribution in [3.05, 3.63) is 29.6 Å². The highest BCUT2D eigenvalue weighted by molar-refractivity contribution is 5.29. The molecule has 18 heavy (non-hydrogen) atoms. The van der Waals surface area contributed by atoms with Gasteiger partial charge < -0.3 is 5.32 Å². The molecule has 2 N–H and O–H groups in total. The molecule has 0 aliphatic rings. The normalized spacial score (nSPS) is 10.9. The minimum atomic E-state index is 0.404. The number of rotatable bonds is 5. The van der Waals surface area contributed by atoms with Crippen molar-refractivity contribution in [1.82, 2.24) is 25.1 Å². The topological polar surface area (TPSA) is 79.4 Å². The Bertz CT molecular complexity index is 491. The molecule has 0 atom stereocenters. The number of H-pyrrole nitrogens is 1. The number of nitrogens with one attached hydrogen (secondary N) is 2. The maximum atomic E-state index is 4.48. The van der Waals surface area contributed by atoms with Crippen LogP contribution in [-0.4, -0.2) is 31.7 Å². The fraction of sp³-hybridized carbons (Fsp3) is 0.500. The lowest BCUT2D eigenvalue weighted by Crippen LogP contribution is -2.10. The first kappa shape index (κ1) is 12.5. The Hall–Kier alpha value is -1.98. The molecular weight excluding hydrogens is 228 g/mol. The van der Waals surface area contributed by atoms with Gasteiger partial charge in [0, 0.05) is 24.4 Å². The number of aryl methyl sites for hydroxylation is 1. The van der Waals surface area contributed by atoms with E-state index >= 15 is 0 Å². The Kier molecular flexibility index (Phi) is 3.86. The monoisotopic (exact) mass is 246 g/mol. The van der Waals surface area contributed by atoms with Crippen LogP contribution in [0.1, 0.15) is 37.0 Å². The number of hydrogen-bond acceptors (Lipinski definition) is 5. The van der Waals surface area contributed by atoms with Crippen molar-refractivity contribution in [2.45, 2.75) is 33.1 Å². The highest BCUT2D eigenvalue weighted by Crippen LogP contribution is 2.14. The molecule has 0 aliphatic heterocycles. The summed E-state index contributed by atoms with van der Waals surface area (Å²) in [4.78, 5) is 12.9. The first-order valence-corrected chi connectivity index (χ1v) is 6.09. The molecule has 0 radical (unpaired) electrons. The summed E-state index contributed by atoms with van der Waals surface area (Å²) in [7, 11) is 0. The number of aromatic nitrogens is 5. The van der Waals surface area contributed by atoms with Gasteiger partial charge in [0.15, 0.2) is 0 Å². The minimum absolute atomic E-state index is 0.404. The maximum absolute atomic E-state index is 4.48. The number of anilines is 1. The van der Waals surface area contributed by atoms with Crippen LogP contribution in [0.3, 0.4) is 0 Å². The third kappa shape index (κ3) is 3.26. The van der Waals surface area contributed by atoms with Crippen LogP contribution in [0.4, 0.5) is 5.95 Å². The van der Waals surface area contributed by atoms with E-state index in [1.165, 1.54) is 6.33 Å². The van der Waals surface area contributed by atoms with Crippen molar-refractivity contribution >= 4 is 5.95 Å². The van der Waals surface area contributed by atoms with Crippen LogP contribution in [0.2, 0.25) is 0 Å². The van der Waals surface area contributed by atoms with Crippen molar-refractivity contribution < 1.29 is 0 Å². The quantitative estimate of drug-likeness (QED) is 0.839. The van der Waals surface area contributed by atoms with E-state index in [0.717, 1.165) is 30.2 Å². The van der Waals surface area contributed by atoms with Crippen molar-refractivity contribution in [2.75, 3.05) is 11.9 Å². The average Bonchev–Trinajstić information content (AvgIpc) is 2.81. The number of nitrogens with zero attached hydrogens (tertiary/aromatic N) is 4. The highest BCUT2D eigenvalue weighted by Gasteiger charge is 2.05. The first-order chi connectivity index (χ1) is 8.65. The van der Waals surface area contributed by atoms with Gasteiger partial charge in [-0.2, -0.15) is 5.10 Å². The molecule has 0 fully saturated rings. The van der Waals surface area contributed by atoms with E-state index in [1.54, 1.807) is 0 Å². The summed E-state index contributed by atoms with van der Waals surface area (Å²) < 4.78 is 0.